The van der Waals surface area contributed by atoms with E-state index in [4.69, 9.17) is 0 Å². The molecule has 1 aromatic carbocycles. The van der Waals surface area contributed by atoms with Crippen LogP contribution in [0.2, 0.25) is 0 Å². The number of carbonyl (C=O) groups excluding carboxylic acids is 1. The zero-order valence-corrected chi connectivity index (χ0v) is 13.8. The van der Waals surface area contributed by atoms with Gasteiger partial charge in [-0.1, -0.05) is 12.1 Å². The number of rotatable bonds is 5. The Morgan fingerprint density at radius 3 is 2.48 bits per heavy atom. The number of aromatic nitrogens is 5. The molecule has 0 radical (unpaired) electrons. The van der Waals surface area contributed by atoms with E-state index >= 15 is 0 Å². The summed E-state index contributed by atoms with van der Waals surface area (Å²) in [6.45, 7) is 1.74. The monoisotopic (exact) mass is 340 g/mol. The summed E-state index contributed by atoms with van der Waals surface area (Å²) < 4.78 is 14.8. The minimum atomic E-state index is -0.542. The zero-order chi connectivity index (χ0) is 17.8. The van der Waals surface area contributed by atoms with Gasteiger partial charge in [-0.3, -0.25) is 4.79 Å². The van der Waals surface area contributed by atoms with Crippen LogP contribution < -0.4 is 0 Å². The van der Waals surface area contributed by atoms with E-state index in [0.717, 1.165) is 0 Å². The summed E-state index contributed by atoms with van der Waals surface area (Å²) in [6.07, 6.45) is 6.08. The van der Waals surface area contributed by atoms with Crippen molar-refractivity contribution >= 4 is 5.91 Å². The molecule has 1 amide bonds. The number of likely N-dealkylation sites (N-methyl/N-ethyl adjacent to an activating group) is 1. The average Bonchev–Trinajstić information content (AvgIpc) is 3.18. The van der Waals surface area contributed by atoms with Crippen molar-refractivity contribution in [1.29, 1.82) is 0 Å². The topological polar surface area (TPSA) is 76.8 Å². The molecule has 0 aliphatic carbocycles. The third-order valence-electron chi connectivity index (χ3n) is 3.94. The molecule has 0 aliphatic rings. The largest absolute Gasteiger partial charge is 0.330 e. The Morgan fingerprint density at radius 2 is 1.88 bits per heavy atom. The van der Waals surface area contributed by atoms with Crippen LogP contribution >= 0.6 is 0 Å². The minimum absolute atomic E-state index is 0.188. The molecule has 0 fully saturated rings. The van der Waals surface area contributed by atoms with Gasteiger partial charge >= 0.3 is 0 Å². The predicted molar refractivity (Wildman–Crippen MR) is 87.8 cm³/mol. The van der Waals surface area contributed by atoms with Crippen LogP contribution in [0.25, 0.3) is 0 Å². The standard InChI is InChI=1S/C17H17FN6O/c1-12(24-11-19-10-22-24)17(25)23(2)15(16-20-8-3-9-21-16)13-4-6-14(18)7-5-13/h3-12,15H,1-2H3. The first-order chi connectivity index (χ1) is 12.1. The maximum Gasteiger partial charge on any atom is 0.247 e. The Morgan fingerprint density at radius 1 is 1.20 bits per heavy atom. The molecule has 0 saturated heterocycles. The summed E-state index contributed by atoms with van der Waals surface area (Å²) >= 11 is 0. The van der Waals surface area contributed by atoms with Crippen LogP contribution in [0.4, 0.5) is 4.39 Å². The summed E-state index contributed by atoms with van der Waals surface area (Å²) in [6, 6.07) is 6.57. The molecule has 0 N–H and O–H groups in total. The number of amides is 1. The van der Waals surface area contributed by atoms with Crippen molar-refractivity contribution in [2.24, 2.45) is 0 Å². The molecule has 8 heteroatoms. The summed E-state index contributed by atoms with van der Waals surface area (Å²) in [5.41, 5.74) is 0.717. The highest BCUT2D eigenvalue weighted by Gasteiger charge is 2.29. The van der Waals surface area contributed by atoms with Gasteiger partial charge in [0.1, 0.15) is 30.6 Å². The molecule has 3 aromatic rings. The smallest absolute Gasteiger partial charge is 0.247 e. The molecule has 7 nitrogen and oxygen atoms in total. The highest BCUT2D eigenvalue weighted by molar-refractivity contribution is 5.80. The fourth-order valence-corrected chi connectivity index (χ4v) is 2.60. The van der Waals surface area contributed by atoms with Crippen LogP contribution in [-0.2, 0) is 4.79 Å². The van der Waals surface area contributed by atoms with Gasteiger partial charge in [-0.15, -0.1) is 0 Å². The van der Waals surface area contributed by atoms with E-state index in [2.05, 4.69) is 20.1 Å². The minimum Gasteiger partial charge on any atom is -0.330 e. The first-order valence-corrected chi connectivity index (χ1v) is 7.71. The fourth-order valence-electron chi connectivity index (χ4n) is 2.60. The van der Waals surface area contributed by atoms with Gasteiger partial charge in [0.25, 0.3) is 0 Å². The maximum absolute atomic E-state index is 13.3. The third kappa shape index (κ3) is 3.52. The second-order valence-electron chi connectivity index (χ2n) is 5.56. The normalized spacial score (nSPS) is 13.2. The SMILES string of the molecule is CC(C(=O)N(C)C(c1ccc(F)cc1)c1ncccn1)n1cncn1. The highest BCUT2D eigenvalue weighted by Crippen LogP contribution is 2.27. The first kappa shape index (κ1) is 16.7. The van der Waals surface area contributed by atoms with Crippen molar-refractivity contribution in [2.75, 3.05) is 7.05 Å². The molecule has 0 aliphatic heterocycles. The second kappa shape index (κ2) is 7.16. The lowest BCUT2D eigenvalue weighted by Gasteiger charge is -2.29. The lowest BCUT2D eigenvalue weighted by Crippen LogP contribution is -2.37. The number of benzene rings is 1. The lowest BCUT2D eigenvalue weighted by molar-refractivity contribution is -0.134. The molecule has 128 valence electrons. The lowest BCUT2D eigenvalue weighted by atomic mass is 10.0. The molecule has 25 heavy (non-hydrogen) atoms. The Balaban J connectivity index is 1.96. The molecule has 2 aromatic heterocycles. The Hall–Kier alpha value is -3.16. The van der Waals surface area contributed by atoms with E-state index in [-0.39, 0.29) is 11.7 Å². The quantitative estimate of drug-likeness (QED) is 0.710. The average molecular weight is 340 g/mol. The van der Waals surface area contributed by atoms with Crippen molar-refractivity contribution < 1.29 is 9.18 Å². The van der Waals surface area contributed by atoms with Crippen molar-refractivity contribution in [2.45, 2.75) is 19.0 Å². The van der Waals surface area contributed by atoms with E-state index in [1.807, 2.05) is 0 Å². The fraction of sp³-hybridized carbons (Fsp3) is 0.235. The van der Waals surface area contributed by atoms with Crippen LogP contribution in [-0.4, -0.2) is 42.6 Å². The third-order valence-corrected chi connectivity index (χ3v) is 3.94. The van der Waals surface area contributed by atoms with E-state index in [9.17, 15) is 9.18 Å². The van der Waals surface area contributed by atoms with E-state index < -0.39 is 12.1 Å². The van der Waals surface area contributed by atoms with Crippen LogP contribution in [0, 0.1) is 5.82 Å². The summed E-state index contributed by atoms with van der Waals surface area (Å²) in [7, 11) is 1.67. The summed E-state index contributed by atoms with van der Waals surface area (Å²) in [5, 5.41) is 4.01. The van der Waals surface area contributed by atoms with Crippen LogP contribution in [0.3, 0.4) is 0 Å². The van der Waals surface area contributed by atoms with E-state index in [0.29, 0.717) is 11.4 Å². The van der Waals surface area contributed by atoms with Gasteiger partial charge in [-0.2, -0.15) is 5.10 Å². The van der Waals surface area contributed by atoms with Gasteiger partial charge in [0.2, 0.25) is 5.91 Å². The molecule has 2 unspecified atom stereocenters. The molecular formula is C17H17FN6O. The van der Waals surface area contributed by atoms with Crippen LogP contribution in [0.1, 0.15) is 30.4 Å². The summed E-state index contributed by atoms with van der Waals surface area (Å²) in [4.78, 5) is 26.9. The molecule has 2 atom stereocenters. The number of hydrogen-bond donors (Lipinski definition) is 0. The maximum atomic E-state index is 13.3. The van der Waals surface area contributed by atoms with Crippen molar-refractivity contribution in [1.82, 2.24) is 29.6 Å². The Kier molecular flexibility index (Phi) is 4.78. The van der Waals surface area contributed by atoms with Gasteiger partial charge in [0, 0.05) is 19.4 Å². The van der Waals surface area contributed by atoms with Gasteiger partial charge in [0.05, 0.1) is 0 Å². The second-order valence-corrected chi connectivity index (χ2v) is 5.56. The molecule has 0 bridgehead atoms. The molecular weight excluding hydrogens is 323 g/mol. The van der Waals surface area contributed by atoms with E-state index in [1.165, 1.54) is 34.4 Å². The van der Waals surface area contributed by atoms with Crippen molar-refractivity contribution in [3.8, 4) is 0 Å². The highest BCUT2D eigenvalue weighted by atomic mass is 19.1. The molecule has 2 heterocycles. The summed E-state index contributed by atoms with van der Waals surface area (Å²) in [5.74, 6) is -0.0792. The van der Waals surface area contributed by atoms with Crippen molar-refractivity contribution in [3.05, 3.63) is 72.6 Å². The first-order valence-electron chi connectivity index (χ1n) is 7.71. The van der Waals surface area contributed by atoms with Crippen molar-refractivity contribution in [3.63, 3.8) is 0 Å². The Labute approximate surface area is 144 Å². The number of hydrogen-bond acceptors (Lipinski definition) is 5. The molecule has 0 saturated carbocycles. The van der Waals surface area contributed by atoms with Gasteiger partial charge in [-0.25, -0.2) is 24.0 Å². The van der Waals surface area contributed by atoms with Gasteiger partial charge in [-0.05, 0) is 30.7 Å². The number of halogens is 1. The predicted octanol–water partition coefficient (Wildman–Crippen LogP) is 2.02. The van der Waals surface area contributed by atoms with Gasteiger partial charge in [0.15, 0.2) is 5.82 Å². The van der Waals surface area contributed by atoms with Gasteiger partial charge < -0.3 is 4.90 Å². The molecule has 0 spiro atoms. The number of carbonyl (C=O) groups is 1. The zero-order valence-electron chi connectivity index (χ0n) is 13.8. The van der Waals surface area contributed by atoms with Crippen LogP contribution in [0.5, 0.6) is 0 Å². The molecule has 3 rings (SSSR count). The van der Waals surface area contributed by atoms with E-state index in [1.54, 1.807) is 44.6 Å². The Bertz CT molecular complexity index is 822. The number of nitrogens with zero attached hydrogens (tertiary/aromatic N) is 6. The van der Waals surface area contributed by atoms with Crippen LogP contribution in [0.15, 0.2) is 55.4 Å².